The Balaban J connectivity index is 1.77. The van der Waals surface area contributed by atoms with Crippen molar-refractivity contribution < 1.29 is 17.6 Å². The van der Waals surface area contributed by atoms with Crippen molar-refractivity contribution in [2.24, 2.45) is 0 Å². The average Bonchev–Trinajstić information content (AvgIpc) is 2.73. The second kappa shape index (κ2) is 9.97. The molecule has 0 saturated carbocycles. The SMILES string of the molecule is O=C(NCc1ccc(F)cc1)[C@@H](Cc1ccccc1)NS(=O)(=O)c1ccc(Br)cc1. The van der Waals surface area contributed by atoms with Crippen LogP contribution in [0, 0.1) is 5.82 Å². The van der Waals surface area contributed by atoms with Crippen molar-refractivity contribution in [3.05, 3.63) is 100 Å². The largest absolute Gasteiger partial charge is 0.351 e. The molecule has 30 heavy (non-hydrogen) atoms. The van der Waals surface area contributed by atoms with Crippen molar-refractivity contribution in [3.8, 4) is 0 Å². The van der Waals surface area contributed by atoms with Crippen LogP contribution in [0.2, 0.25) is 0 Å². The zero-order valence-corrected chi connectivity index (χ0v) is 18.3. The van der Waals surface area contributed by atoms with Crippen LogP contribution in [-0.4, -0.2) is 20.4 Å². The third kappa shape index (κ3) is 6.22. The highest BCUT2D eigenvalue weighted by Crippen LogP contribution is 2.16. The molecule has 0 fully saturated rings. The molecule has 5 nitrogen and oxygen atoms in total. The van der Waals surface area contributed by atoms with E-state index >= 15 is 0 Å². The standard InChI is InChI=1S/C22H20BrFN2O3S/c23-18-8-12-20(13-9-18)30(28,29)26-21(14-16-4-2-1-3-5-16)22(27)25-15-17-6-10-19(24)11-7-17/h1-13,21,26H,14-15H2,(H,25,27)/t21-/m1/s1. The number of rotatable bonds is 8. The van der Waals surface area contributed by atoms with Gasteiger partial charge in [-0.15, -0.1) is 0 Å². The van der Waals surface area contributed by atoms with Crippen LogP contribution in [0.1, 0.15) is 11.1 Å². The zero-order chi connectivity index (χ0) is 21.6. The summed E-state index contributed by atoms with van der Waals surface area (Å²) in [6.07, 6.45) is 0.186. The van der Waals surface area contributed by atoms with Crippen molar-refractivity contribution in [1.82, 2.24) is 10.0 Å². The summed E-state index contributed by atoms with van der Waals surface area (Å²) in [6.45, 7) is 0.157. The van der Waals surface area contributed by atoms with Crippen LogP contribution < -0.4 is 10.0 Å². The maximum atomic E-state index is 13.1. The van der Waals surface area contributed by atoms with Gasteiger partial charge in [0, 0.05) is 11.0 Å². The number of halogens is 2. The number of carbonyl (C=O) groups excluding carboxylic acids is 1. The summed E-state index contributed by atoms with van der Waals surface area (Å²) in [5.41, 5.74) is 1.52. The van der Waals surface area contributed by atoms with Crippen molar-refractivity contribution in [1.29, 1.82) is 0 Å². The van der Waals surface area contributed by atoms with Gasteiger partial charge >= 0.3 is 0 Å². The molecular formula is C22H20BrFN2O3S. The first-order valence-electron chi connectivity index (χ1n) is 9.17. The molecule has 8 heteroatoms. The van der Waals surface area contributed by atoms with Gasteiger partial charge < -0.3 is 5.32 Å². The van der Waals surface area contributed by atoms with E-state index < -0.39 is 22.0 Å². The Bertz CT molecular complexity index is 1090. The number of amides is 1. The molecule has 0 aliphatic rings. The van der Waals surface area contributed by atoms with E-state index in [1.807, 2.05) is 30.3 Å². The number of nitrogens with one attached hydrogen (secondary N) is 2. The molecule has 0 unspecified atom stereocenters. The van der Waals surface area contributed by atoms with Gasteiger partial charge in [-0.2, -0.15) is 4.72 Å². The maximum Gasteiger partial charge on any atom is 0.241 e. The van der Waals surface area contributed by atoms with Crippen LogP contribution in [0.4, 0.5) is 4.39 Å². The number of hydrogen-bond acceptors (Lipinski definition) is 3. The predicted octanol–water partition coefficient (Wildman–Crippen LogP) is 3.79. The molecule has 0 spiro atoms. The van der Waals surface area contributed by atoms with E-state index in [-0.39, 0.29) is 23.7 Å². The second-order valence-electron chi connectivity index (χ2n) is 6.66. The first-order valence-corrected chi connectivity index (χ1v) is 11.4. The molecule has 3 rings (SSSR count). The first kappa shape index (κ1) is 22.1. The molecule has 0 aliphatic heterocycles. The molecular weight excluding hydrogens is 471 g/mol. The third-order valence-electron chi connectivity index (χ3n) is 4.40. The molecule has 1 amide bonds. The lowest BCUT2D eigenvalue weighted by molar-refractivity contribution is -0.122. The summed E-state index contributed by atoms with van der Waals surface area (Å²) in [6, 6.07) is 20.0. The van der Waals surface area contributed by atoms with Gasteiger partial charge in [-0.3, -0.25) is 4.79 Å². The summed E-state index contributed by atoms with van der Waals surface area (Å²) in [5.74, 6) is -0.835. The van der Waals surface area contributed by atoms with Gasteiger partial charge in [-0.05, 0) is 53.9 Å². The fourth-order valence-electron chi connectivity index (χ4n) is 2.82. The van der Waals surface area contributed by atoms with Crippen LogP contribution in [0.15, 0.2) is 88.2 Å². The van der Waals surface area contributed by atoms with E-state index in [1.165, 1.54) is 24.3 Å². The average molecular weight is 491 g/mol. The zero-order valence-electron chi connectivity index (χ0n) is 15.9. The molecule has 0 bridgehead atoms. The van der Waals surface area contributed by atoms with E-state index in [1.54, 1.807) is 24.3 Å². The molecule has 3 aromatic rings. The van der Waals surface area contributed by atoms with Gasteiger partial charge in [0.2, 0.25) is 15.9 Å². The molecule has 0 radical (unpaired) electrons. The highest BCUT2D eigenvalue weighted by atomic mass is 79.9. The Hall–Kier alpha value is -2.55. The Morgan fingerprint density at radius 2 is 1.53 bits per heavy atom. The van der Waals surface area contributed by atoms with Gasteiger partial charge in [0.15, 0.2) is 0 Å². The maximum absolute atomic E-state index is 13.1. The molecule has 0 saturated heterocycles. The van der Waals surface area contributed by atoms with Crippen LogP contribution in [0.3, 0.4) is 0 Å². The van der Waals surface area contributed by atoms with Crippen LogP contribution in [-0.2, 0) is 27.8 Å². The van der Waals surface area contributed by atoms with E-state index in [4.69, 9.17) is 0 Å². The highest BCUT2D eigenvalue weighted by Gasteiger charge is 2.26. The van der Waals surface area contributed by atoms with Crippen molar-refractivity contribution >= 4 is 31.9 Å². The first-order chi connectivity index (χ1) is 14.3. The van der Waals surface area contributed by atoms with Gasteiger partial charge in [0.05, 0.1) is 4.90 Å². The topological polar surface area (TPSA) is 75.3 Å². The van der Waals surface area contributed by atoms with Gasteiger partial charge in [0.25, 0.3) is 0 Å². The molecule has 1 atom stereocenters. The Morgan fingerprint density at radius 3 is 2.17 bits per heavy atom. The molecule has 0 aromatic heterocycles. The lowest BCUT2D eigenvalue weighted by Crippen LogP contribution is -2.47. The summed E-state index contributed by atoms with van der Waals surface area (Å²) >= 11 is 3.27. The normalized spacial score (nSPS) is 12.3. The molecule has 156 valence electrons. The number of carbonyl (C=O) groups is 1. The fraction of sp³-hybridized carbons (Fsp3) is 0.136. The van der Waals surface area contributed by atoms with Gasteiger partial charge in [-0.25, -0.2) is 12.8 Å². The summed E-state index contributed by atoms with van der Waals surface area (Å²) in [4.78, 5) is 12.9. The van der Waals surface area contributed by atoms with E-state index in [2.05, 4.69) is 26.0 Å². The lowest BCUT2D eigenvalue weighted by atomic mass is 10.1. The minimum absolute atomic E-state index is 0.0649. The van der Waals surface area contributed by atoms with E-state index in [0.717, 1.165) is 10.0 Å². The number of benzene rings is 3. The van der Waals surface area contributed by atoms with E-state index in [0.29, 0.717) is 5.56 Å². The highest BCUT2D eigenvalue weighted by molar-refractivity contribution is 9.10. The number of hydrogen-bond donors (Lipinski definition) is 2. The Labute approximate surface area is 183 Å². The molecule has 0 aliphatic carbocycles. The predicted molar refractivity (Wildman–Crippen MR) is 117 cm³/mol. The third-order valence-corrected chi connectivity index (χ3v) is 6.42. The minimum atomic E-state index is -3.91. The Kier molecular flexibility index (Phi) is 7.36. The van der Waals surface area contributed by atoms with Crippen molar-refractivity contribution in [2.75, 3.05) is 0 Å². The number of sulfonamides is 1. The lowest BCUT2D eigenvalue weighted by Gasteiger charge is -2.19. The summed E-state index contributed by atoms with van der Waals surface area (Å²) in [5, 5.41) is 2.73. The second-order valence-corrected chi connectivity index (χ2v) is 9.29. The fourth-order valence-corrected chi connectivity index (χ4v) is 4.28. The van der Waals surface area contributed by atoms with Crippen molar-refractivity contribution in [2.45, 2.75) is 23.9 Å². The quantitative estimate of drug-likeness (QED) is 0.504. The molecule has 0 heterocycles. The summed E-state index contributed by atoms with van der Waals surface area (Å²) < 4.78 is 41.9. The van der Waals surface area contributed by atoms with Crippen LogP contribution in [0.25, 0.3) is 0 Å². The minimum Gasteiger partial charge on any atom is -0.351 e. The smallest absolute Gasteiger partial charge is 0.241 e. The molecule has 2 N–H and O–H groups in total. The van der Waals surface area contributed by atoms with Gasteiger partial charge in [-0.1, -0.05) is 58.4 Å². The Morgan fingerprint density at radius 1 is 0.900 bits per heavy atom. The monoisotopic (exact) mass is 490 g/mol. The van der Waals surface area contributed by atoms with E-state index in [9.17, 15) is 17.6 Å². The van der Waals surface area contributed by atoms with Crippen LogP contribution >= 0.6 is 15.9 Å². The van der Waals surface area contributed by atoms with Crippen LogP contribution in [0.5, 0.6) is 0 Å². The summed E-state index contributed by atoms with van der Waals surface area (Å²) in [7, 11) is -3.91. The van der Waals surface area contributed by atoms with Gasteiger partial charge in [0.1, 0.15) is 11.9 Å². The molecule has 3 aromatic carbocycles. The van der Waals surface area contributed by atoms with Crippen molar-refractivity contribution in [3.63, 3.8) is 0 Å².